The molecule has 0 fully saturated rings. The van der Waals surface area contributed by atoms with Gasteiger partial charge in [0.05, 0.1) is 25.0 Å². The van der Waals surface area contributed by atoms with Crippen LogP contribution in [-0.4, -0.2) is 34.4 Å². The summed E-state index contributed by atoms with van der Waals surface area (Å²) in [6.45, 7) is 8.00. The molecule has 0 saturated carbocycles. The summed E-state index contributed by atoms with van der Waals surface area (Å²) in [4.78, 5) is 8.91. The number of hydrogen-bond acceptors (Lipinski definition) is 4. The first-order valence-corrected chi connectivity index (χ1v) is 9.74. The Labute approximate surface area is 195 Å². The predicted octanol–water partition coefficient (Wildman–Crippen LogP) is 3.77. The van der Waals surface area contributed by atoms with Crippen LogP contribution >= 0.6 is 24.0 Å². The Morgan fingerprint density at radius 2 is 1.87 bits per heavy atom. The molecular weight excluding hydrogens is 491 g/mol. The van der Waals surface area contributed by atoms with Crippen molar-refractivity contribution >= 4 is 29.9 Å². The van der Waals surface area contributed by atoms with Crippen LogP contribution in [0.1, 0.15) is 29.4 Å². The molecule has 0 aliphatic rings. The van der Waals surface area contributed by atoms with E-state index in [1.807, 2.05) is 42.8 Å². The Hall–Kier alpha value is -2.62. The van der Waals surface area contributed by atoms with Gasteiger partial charge in [0.1, 0.15) is 0 Å². The number of benzene rings is 1. The topological polar surface area (TPSA) is 76.4 Å². The van der Waals surface area contributed by atoms with E-state index in [0.29, 0.717) is 19.0 Å². The van der Waals surface area contributed by atoms with Crippen LogP contribution in [0.3, 0.4) is 0 Å². The first-order chi connectivity index (χ1) is 14.1. The van der Waals surface area contributed by atoms with Gasteiger partial charge < -0.3 is 15.4 Å². The summed E-state index contributed by atoms with van der Waals surface area (Å²) in [5, 5.41) is 11.3. The van der Waals surface area contributed by atoms with Crippen LogP contribution in [0.4, 0.5) is 0 Å². The fourth-order valence-electron chi connectivity index (χ4n) is 3.15. The van der Waals surface area contributed by atoms with Crippen LogP contribution in [0.25, 0.3) is 5.69 Å². The number of pyridine rings is 1. The number of aliphatic imine (C=N–C) groups is 1. The summed E-state index contributed by atoms with van der Waals surface area (Å²) in [6, 6.07) is 14.2. The number of hydrogen-bond donors (Lipinski definition) is 2. The van der Waals surface area contributed by atoms with Gasteiger partial charge in [-0.15, -0.1) is 24.0 Å². The summed E-state index contributed by atoms with van der Waals surface area (Å²) in [6.07, 6.45) is 1.71. The molecule has 30 heavy (non-hydrogen) atoms. The molecule has 160 valence electrons. The van der Waals surface area contributed by atoms with Crippen LogP contribution in [0.5, 0.6) is 5.88 Å². The maximum Gasteiger partial charge on any atom is 0.218 e. The molecule has 3 rings (SSSR count). The highest BCUT2D eigenvalue weighted by atomic mass is 127. The maximum atomic E-state index is 5.31. The van der Waals surface area contributed by atoms with Crippen molar-refractivity contribution in [2.45, 2.75) is 33.9 Å². The molecule has 2 N–H and O–H groups in total. The fraction of sp³-hybridized carbons (Fsp3) is 0.318. The Kier molecular flexibility index (Phi) is 9.10. The molecule has 2 heterocycles. The molecule has 0 radical (unpaired) electrons. The first kappa shape index (κ1) is 23.7. The maximum absolute atomic E-state index is 5.31. The quantitative estimate of drug-likeness (QED) is 0.282. The second kappa shape index (κ2) is 11.5. The molecule has 0 aliphatic heterocycles. The number of nitrogens with zero attached hydrogens (tertiary/aromatic N) is 4. The number of aromatic nitrogens is 3. The molecule has 2 aromatic heterocycles. The Morgan fingerprint density at radius 1 is 1.10 bits per heavy atom. The number of nitrogens with one attached hydrogen (secondary N) is 2. The summed E-state index contributed by atoms with van der Waals surface area (Å²) in [5.41, 5.74) is 5.26. The van der Waals surface area contributed by atoms with Crippen LogP contribution in [0.15, 0.2) is 53.7 Å². The molecule has 3 aromatic rings. The van der Waals surface area contributed by atoms with Gasteiger partial charge in [-0.25, -0.2) is 14.7 Å². The molecule has 0 unspecified atom stereocenters. The predicted molar refractivity (Wildman–Crippen MR) is 131 cm³/mol. The van der Waals surface area contributed by atoms with Crippen molar-refractivity contribution in [3.05, 3.63) is 71.2 Å². The second-order valence-electron chi connectivity index (χ2n) is 6.69. The molecule has 0 aliphatic carbocycles. The molecule has 8 heteroatoms. The highest BCUT2D eigenvalue weighted by Crippen LogP contribution is 2.17. The van der Waals surface area contributed by atoms with Gasteiger partial charge in [-0.1, -0.05) is 24.3 Å². The van der Waals surface area contributed by atoms with E-state index in [1.54, 1.807) is 13.3 Å². The number of halogens is 1. The number of aryl methyl sites for hydroxylation is 2. The van der Waals surface area contributed by atoms with Gasteiger partial charge in [-0.05, 0) is 44.5 Å². The molecule has 1 aromatic carbocycles. The fourth-order valence-corrected chi connectivity index (χ4v) is 3.15. The van der Waals surface area contributed by atoms with E-state index < -0.39 is 0 Å². The van der Waals surface area contributed by atoms with Crippen molar-refractivity contribution in [3.8, 4) is 11.6 Å². The van der Waals surface area contributed by atoms with Crippen molar-refractivity contribution in [2.75, 3.05) is 13.7 Å². The molecule has 0 bridgehead atoms. The minimum atomic E-state index is 0. The summed E-state index contributed by atoms with van der Waals surface area (Å²) >= 11 is 0. The van der Waals surface area contributed by atoms with Crippen molar-refractivity contribution < 1.29 is 4.74 Å². The lowest BCUT2D eigenvalue weighted by Crippen LogP contribution is -2.37. The largest absolute Gasteiger partial charge is 0.481 e. The number of rotatable bonds is 7. The van der Waals surface area contributed by atoms with Crippen molar-refractivity contribution in [1.82, 2.24) is 25.4 Å². The van der Waals surface area contributed by atoms with Gasteiger partial charge in [0.2, 0.25) is 5.88 Å². The molecule has 0 amide bonds. The smallest absolute Gasteiger partial charge is 0.218 e. The number of para-hydroxylation sites is 1. The van der Waals surface area contributed by atoms with E-state index in [0.717, 1.165) is 40.7 Å². The van der Waals surface area contributed by atoms with Crippen molar-refractivity contribution in [3.63, 3.8) is 0 Å². The zero-order valence-corrected chi connectivity index (χ0v) is 20.2. The monoisotopic (exact) mass is 520 g/mol. The van der Waals surface area contributed by atoms with Crippen molar-refractivity contribution in [2.24, 2.45) is 4.99 Å². The Balaban J connectivity index is 0.00000320. The third-order valence-electron chi connectivity index (χ3n) is 4.47. The third kappa shape index (κ3) is 5.94. The van der Waals surface area contributed by atoms with Crippen LogP contribution in [-0.2, 0) is 13.1 Å². The number of methoxy groups -OCH3 is 1. The summed E-state index contributed by atoms with van der Waals surface area (Å²) < 4.78 is 7.30. The second-order valence-corrected chi connectivity index (χ2v) is 6.69. The Morgan fingerprint density at radius 3 is 2.57 bits per heavy atom. The van der Waals surface area contributed by atoms with Crippen LogP contribution in [0, 0.1) is 13.8 Å². The van der Waals surface area contributed by atoms with E-state index in [1.165, 1.54) is 0 Å². The Bertz CT molecular complexity index is 985. The average molecular weight is 520 g/mol. The first-order valence-electron chi connectivity index (χ1n) is 9.74. The lowest BCUT2D eigenvalue weighted by atomic mass is 10.1. The molecule has 0 atom stereocenters. The van der Waals surface area contributed by atoms with Crippen LogP contribution in [0.2, 0.25) is 0 Å². The highest BCUT2D eigenvalue weighted by Gasteiger charge is 2.09. The van der Waals surface area contributed by atoms with E-state index in [9.17, 15) is 0 Å². The minimum Gasteiger partial charge on any atom is -0.481 e. The summed E-state index contributed by atoms with van der Waals surface area (Å²) in [5.74, 6) is 1.34. The minimum absolute atomic E-state index is 0. The van der Waals surface area contributed by atoms with Crippen LogP contribution < -0.4 is 15.4 Å². The van der Waals surface area contributed by atoms with Gasteiger partial charge in [0.25, 0.3) is 0 Å². The lowest BCUT2D eigenvalue weighted by Gasteiger charge is -2.15. The summed E-state index contributed by atoms with van der Waals surface area (Å²) in [7, 11) is 1.62. The van der Waals surface area contributed by atoms with E-state index in [4.69, 9.17) is 4.74 Å². The standard InChI is InChI=1S/C22H28N6O.HI/c1-5-23-22(26-15-19-10-8-12-24-21(19)29-4)25-14-18-9-6-7-11-20(18)28-17(3)13-16(2)27-28;/h6-13H,5,14-15H2,1-4H3,(H2,23,25,26);1H. The normalized spacial score (nSPS) is 11.0. The van der Waals surface area contributed by atoms with Gasteiger partial charge in [0.15, 0.2) is 5.96 Å². The SMILES string of the molecule is CCNC(=NCc1cccnc1OC)NCc1ccccc1-n1nc(C)cc1C.I. The van der Waals surface area contributed by atoms with Gasteiger partial charge in [-0.3, -0.25) is 0 Å². The van der Waals surface area contributed by atoms with E-state index >= 15 is 0 Å². The van der Waals surface area contributed by atoms with Crippen molar-refractivity contribution in [1.29, 1.82) is 0 Å². The zero-order chi connectivity index (χ0) is 20.6. The van der Waals surface area contributed by atoms with Gasteiger partial charge in [0, 0.05) is 30.5 Å². The number of guanidine groups is 1. The average Bonchev–Trinajstić information content (AvgIpc) is 3.08. The van der Waals surface area contributed by atoms with Gasteiger partial charge >= 0.3 is 0 Å². The molecule has 0 saturated heterocycles. The zero-order valence-electron chi connectivity index (χ0n) is 17.8. The van der Waals surface area contributed by atoms with E-state index in [2.05, 4.69) is 50.8 Å². The molecule has 7 nitrogen and oxygen atoms in total. The molecular formula is C22H29IN6O. The highest BCUT2D eigenvalue weighted by molar-refractivity contribution is 14.0. The van der Waals surface area contributed by atoms with E-state index in [-0.39, 0.29) is 24.0 Å². The van der Waals surface area contributed by atoms with Gasteiger partial charge in [-0.2, -0.15) is 5.10 Å². The molecule has 0 spiro atoms. The lowest BCUT2D eigenvalue weighted by molar-refractivity contribution is 0.392. The third-order valence-corrected chi connectivity index (χ3v) is 4.47. The number of ether oxygens (including phenoxy) is 1.